The van der Waals surface area contributed by atoms with Crippen LogP contribution in [0.3, 0.4) is 0 Å². The second-order valence-electron chi connectivity index (χ2n) is 4.15. The van der Waals surface area contributed by atoms with Gasteiger partial charge in [0, 0.05) is 32.7 Å². The van der Waals surface area contributed by atoms with Gasteiger partial charge in [0.25, 0.3) is 0 Å². The second kappa shape index (κ2) is 13.9. The molecular formula is C12H27IN4O2. The van der Waals surface area contributed by atoms with Crippen LogP contribution >= 0.6 is 24.0 Å². The maximum Gasteiger partial charge on any atom is 0.221 e. The van der Waals surface area contributed by atoms with Crippen LogP contribution < -0.4 is 16.0 Å². The number of aliphatic imine (C=N–C) groups is 1. The molecule has 7 heteroatoms. The fraction of sp³-hybridized carbons (Fsp3) is 0.833. The van der Waals surface area contributed by atoms with Crippen LogP contribution in [-0.4, -0.2) is 51.3 Å². The quantitative estimate of drug-likeness (QED) is 0.249. The van der Waals surface area contributed by atoms with Crippen LogP contribution in [0.15, 0.2) is 4.99 Å². The highest BCUT2D eigenvalue weighted by molar-refractivity contribution is 14.0. The molecule has 0 unspecified atom stereocenters. The van der Waals surface area contributed by atoms with E-state index in [1.165, 1.54) is 0 Å². The zero-order valence-electron chi connectivity index (χ0n) is 12.3. The summed E-state index contributed by atoms with van der Waals surface area (Å²) in [6.45, 7) is 8.44. The van der Waals surface area contributed by atoms with Crippen LogP contribution in [0.1, 0.15) is 27.2 Å². The fourth-order valence-corrected chi connectivity index (χ4v) is 1.28. The van der Waals surface area contributed by atoms with Crippen molar-refractivity contribution in [1.82, 2.24) is 16.0 Å². The Kier molecular flexibility index (Phi) is 15.1. The summed E-state index contributed by atoms with van der Waals surface area (Å²) < 4.78 is 4.93. The minimum Gasteiger partial charge on any atom is -0.383 e. The van der Waals surface area contributed by atoms with Crippen molar-refractivity contribution in [2.24, 2.45) is 4.99 Å². The molecular weight excluding hydrogens is 359 g/mol. The van der Waals surface area contributed by atoms with Crippen LogP contribution in [0, 0.1) is 0 Å². The zero-order valence-corrected chi connectivity index (χ0v) is 14.6. The first kappa shape index (κ1) is 20.7. The van der Waals surface area contributed by atoms with Crippen molar-refractivity contribution >= 4 is 35.8 Å². The first-order valence-electron chi connectivity index (χ1n) is 6.40. The Morgan fingerprint density at radius 2 is 2.00 bits per heavy atom. The molecule has 0 aliphatic rings. The van der Waals surface area contributed by atoms with E-state index >= 15 is 0 Å². The lowest BCUT2D eigenvalue weighted by Gasteiger charge is -2.12. The third kappa shape index (κ3) is 13.7. The van der Waals surface area contributed by atoms with E-state index in [9.17, 15) is 4.79 Å². The maximum atomic E-state index is 11.4. The van der Waals surface area contributed by atoms with E-state index in [-0.39, 0.29) is 35.9 Å². The maximum absolute atomic E-state index is 11.4. The van der Waals surface area contributed by atoms with E-state index < -0.39 is 0 Å². The van der Waals surface area contributed by atoms with Gasteiger partial charge in [-0.05, 0) is 20.8 Å². The van der Waals surface area contributed by atoms with Gasteiger partial charge < -0.3 is 20.7 Å². The molecule has 3 N–H and O–H groups in total. The van der Waals surface area contributed by atoms with Gasteiger partial charge in [0.05, 0.1) is 13.2 Å². The number of hydrogen-bond acceptors (Lipinski definition) is 3. The summed E-state index contributed by atoms with van der Waals surface area (Å²) in [6.07, 6.45) is 0.437. The number of carbonyl (C=O) groups is 1. The summed E-state index contributed by atoms with van der Waals surface area (Å²) in [6, 6.07) is 0.182. The SMILES string of the molecule is CCNC(=NCCOC)NCCC(=O)NC(C)C.I. The fourth-order valence-electron chi connectivity index (χ4n) is 1.28. The minimum atomic E-state index is 0. The number of rotatable bonds is 8. The molecule has 0 spiro atoms. The van der Waals surface area contributed by atoms with Gasteiger partial charge in [-0.3, -0.25) is 9.79 Å². The van der Waals surface area contributed by atoms with Crippen LogP contribution in [0.25, 0.3) is 0 Å². The van der Waals surface area contributed by atoms with Crippen molar-refractivity contribution in [3.8, 4) is 0 Å². The Labute approximate surface area is 133 Å². The number of halogens is 1. The number of amides is 1. The Hall–Kier alpha value is -0.570. The van der Waals surface area contributed by atoms with E-state index in [4.69, 9.17) is 4.74 Å². The van der Waals surface area contributed by atoms with Gasteiger partial charge in [0.1, 0.15) is 0 Å². The minimum absolute atomic E-state index is 0. The Balaban J connectivity index is 0. The van der Waals surface area contributed by atoms with Gasteiger partial charge in [0.2, 0.25) is 5.91 Å². The smallest absolute Gasteiger partial charge is 0.221 e. The number of nitrogens with one attached hydrogen (secondary N) is 3. The molecule has 0 saturated heterocycles. The van der Waals surface area contributed by atoms with Crippen molar-refractivity contribution in [1.29, 1.82) is 0 Å². The first-order valence-corrected chi connectivity index (χ1v) is 6.40. The van der Waals surface area contributed by atoms with Gasteiger partial charge in [-0.25, -0.2) is 0 Å². The Bertz CT molecular complexity index is 260. The summed E-state index contributed by atoms with van der Waals surface area (Å²) in [5.41, 5.74) is 0. The van der Waals surface area contributed by atoms with Crippen LogP contribution in [0.2, 0.25) is 0 Å². The molecule has 0 bridgehead atoms. The summed E-state index contributed by atoms with van der Waals surface area (Å²) >= 11 is 0. The summed E-state index contributed by atoms with van der Waals surface area (Å²) in [7, 11) is 1.64. The number of nitrogens with zero attached hydrogens (tertiary/aromatic N) is 1. The molecule has 114 valence electrons. The Morgan fingerprint density at radius 1 is 1.32 bits per heavy atom. The molecule has 0 aromatic rings. The van der Waals surface area contributed by atoms with Crippen LogP contribution in [0.5, 0.6) is 0 Å². The van der Waals surface area contributed by atoms with E-state index in [1.54, 1.807) is 7.11 Å². The Morgan fingerprint density at radius 3 is 2.53 bits per heavy atom. The van der Waals surface area contributed by atoms with Crippen molar-refractivity contribution in [3.63, 3.8) is 0 Å². The predicted molar refractivity (Wildman–Crippen MR) is 89.2 cm³/mol. The summed E-state index contributed by atoms with van der Waals surface area (Å²) in [5.74, 6) is 0.761. The third-order valence-corrected chi connectivity index (χ3v) is 2.00. The lowest BCUT2D eigenvalue weighted by atomic mass is 10.3. The molecule has 0 aliphatic heterocycles. The second-order valence-corrected chi connectivity index (χ2v) is 4.15. The van der Waals surface area contributed by atoms with E-state index in [0.29, 0.717) is 32.1 Å². The largest absolute Gasteiger partial charge is 0.383 e. The third-order valence-electron chi connectivity index (χ3n) is 2.00. The molecule has 0 fully saturated rings. The van der Waals surface area contributed by atoms with Gasteiger partial charge in [-0.1, -0.05) is 0 Å². The van der Waals surface area contributed by atoms with E-state index in [1.807, 2.05) is 20.8 Å². The highest BCUT2D eigenvalue weighted by Crippen LogP contribution is 1.83. The standard InChI is InChI=1S/C12H26N4O2.HI/c1-5-13-12(15-8-9-18-4)14-7-6-11(17)16-10(2)3;/h10H,5-9H2,1-4H3,(H,16,17)(H2,13,14,15);1H. The molecule has 0 atom stereocenters. The van der Waals surface area contributed by atoms with Gasteiger partial charge >= 0.3 is 0 Å². The molecule has 0 rings (SSSR count). The molecule has 6 nitrogen and oxygen atoms in total. The summed E-state index contributed by atoms with van der Waals surface area (Å²) in [4.78, 5) is 15.7. The molecule has 0 aromatic carbocycles. The predicted octanol–water partition coefficient (Wildman–Crippen LogP) is 0.721. The molecule has 0 saturated carbocycles. The molecule has 19 heavy (non-hydrogen) atoms. The van der Waals surface area contributed by atoms with Crippen molar-refractivity contribution in [2.75, 3.05) is 33.4 Å². The molecule has 0 aromatic heterocycles. The number of hydrogen-bond donors (Lipinski definition) is 3. The average molecular weight is 386 g/mol. The molecule has 0 heterocycles. The van der Waals surface area contributed by atoms with Crippen molar-refractivity contribution in [3.05, 3.63) is 0 Å². The molecule has 0 aliphatic carbocycles. The highest BCUT2D eigenvalue weighted by atomic mass is 127. The lowest BCUT2D eigenvalue weighted by molar-refractivity contribution is -0.121. The summed E-state index contributed by atoms with van der Waals surface area (Å²) in [5, 5.41) is 9.06. The van der Waals surface area contributed by atoms with Crippen molar-refractivity contribution < 1.29 is 9.53 Å². The first-order chi connectivity index (χ1) is 8.60. The lowest BCUT2D eigenvalue weighted by Crippen LogP contribution is -2.40. The molecule has 0 radical (unpaired) electrons. The number of methoxy groups -OCH3 is 1. The van der Waals surface area contributed by atoms with Gasteiger partial charge in [-0.2, -0.15) is 0 Å². The highest BCUT2D eigenvalue weighted by Gasteiger charge is 2.03. The monoisotopic (exact) mass is 386 g/mol. The van der Waals surface area contributed by atoms with Crippen LogP contribution in [0.4, 0.5) is 0 Å². The average Bonchev–Trinajstić information content (AvgIpc) is 2.28. The number of guanidine groups is 1. The van der Waals surface area contributed by atoms with Gasteiger partial charge in [-0.15, -0.1) is 24.0 Å². The van der Waals surface area contributed by atoms with E-state index in [0.717, 1.165) is 6.54 Å². The van der Waals surface area contributed by atoms with Crippen molar-refractivity contribution in [2.45, 2.75) is 33.2 Å². The number of ether oxygens (including phenoxy) is 1. The number of carbonyl (C=O) groups excluding carboxylic acids is 1. The van der Waals surface area contributed by atoms with Gasteiger partial charge in [0.15, 0.2) is 5.96 Å². The topological polar surface area (TPSA) is 74.8 Å². The zero-order chi connectivity index (χ0) is 13.8. The normalized spacial score (nSPS) is 10.9. The van der Waals surface area contributed by atoms with Crippen LogP contribution in [-0.2, 0) is 9.53 Å². The van der Waals surface area contributed by atoms with E-state index in [2.05, 4.69) is 20.9 Å². The molecule has 1 amide bonds.